The molecule has 128 valence electrons. The molecule has 1 aromatic heterocycles. The zero-order valence-corrected chi connectivity index (χ0v) is 15.5. The molecule has 2 rings (SSSR count). The maximum atomic E-state index is 11.9. The van der Waals surface area contributed by atoms with Crippen LogP contribution < -0.4 is 0 Å². The summed E-state index contributed by atoms with van der Waals surface area (Å²) in [5.41, 5.74) is 1.90. The molecule has 0 aliphatic carbocycles. The van der Waals surface area contributed by atoms with Gasteiger partial charge in [-0.15, -0.1) is 0 Å². The standard InChI is InChI=1S/C16H23ClN2O3S/c1-5-23(20,21)12(4)7-11(3)22-16-14-9-18-15(17)8-13(14)6-10(2)19-16/h8-12H,5-7H2,1-4H3/t10?,11-,12-/m1/s1. The normalized spacial score (nSPS) is 20.4. The van der Waals surface area contributed by atoms with E-state index in [-0.39, 0.29) is 17.9 Å². The van der Waals surface area contributed by atoms with E-state index >= 15 is 0 Å². The first-order valence-electron chi connectivity index (χ1n) is 7.83. The van der Waals surface area contributed by atoms with Crippen molar-refractivity contribution in [1.82, 2.24) is 4.98 Å². The van der Waals surface area contributed by atoms with Crippen molar-refractivity contribution in [2.75, 3.05) is 5.75 Å². The first-order valence-corrected chi connectivity index (χ1v) is 9.93. The minimum Gasteiger partial charge on any atom is -0.474 e. The van der Waals surface area contributed by atoms with Crippen molar-refractivity contribution in [2.24, 2.45) is 4.99 Å². The molecule has 23 heavy (non-hydrogen) atoms. The smallest absolute Gasteiger partial charge is 0.218 e. The van der Waals surface area contributed by atoms with Gasteiger partial charge in [-0.3, -0.25) is 0 Å². The highest BCUT2D eigenvalue weighted by atomic mass is 35.5. The van der Waals surface area contributed by atoms with E-state index in [2.05, 4.69) is 9.98 Å². The average molecular weight is 359 g/mol. The molecule has 7 heteroatoms. The molecule has 3 atom stereocenters. The predicted molar refractivity (Wildman–Crippen MR) is 93.0 cm³/mol. The molecule has 1 unspecified atom stereocenters. The number of fused-ring (bicyclic) bond motifs is 1. The van der Waals surface area contributed by atoms with E-state index in [1.165, 1.54) is 0 Å². The van der Waals surface area contributed by atoms with Crippen LogP contribution in [0.25, 0.3) is 0 Å². The van der Waals surface area contributed by atoms with E-state index in [0.717, 1.165) is 17.5 Å². The Morgan fingerprint density at radius 1 is 1.43 bits per heavy atom. The van der Waals surface area contributed by atoms with Crippen molar-refractivity contribution in [1.29, 1.82) is 0 Å². The fraction of sp³-hybridized carbons (Fsp3) is 0.625. The van der Waals surface area contributed by atoms with Crippen molar-refractivity contribution in [3.63, 3.8) is 0 Å². The maximum absolute atomic E-state index is 11.9. The summed E-state index contributed by atoms with van der Waals surface area (Å²) in [6.07, 6.45) is 2.64. The second kappa shape index (κ2) is 7.18. The van der Waals surface area contributed by atoms with Crippen LogP contribution in [-0.4, -0.2) is 42.4 Å². The fourth-order valence-corrected chi connectivity index (χ4v) is 4.01. The quantitative estimate of drug-likeness (QED) is 0.758. The van der Waals surface area contributed by atoms with Crippen LogP contribution in [0.5, 0.6) is 0 Å². The van der Waals surface area contributed by atoms with Crippen LogP contribution >= 0.6 is 11.6 Å². The van der Waals surface area contributed by atoms with Gasteiger partial charge in [0, 0.05) is 18.4 Å². The number of aromatic nitrogens is 1. The number of sulfone groups is 1. The second-order valence-corrected chi connectivity index (χ2v) is 9.17. The Kier molecular flexibility index (Phi) is 5.68. The summed E-state index contributed by atoms with van der Waals surface area (Å²) < 4.78 is 29.7. The Morgan fingerprint density at radius 3 is 2.78 bits per heavy atom. The molecule has 0 aromatic carbocycles. The summed E-state index contributed by atoms with van der Waals surface area (Å²) in [5.74, 6) is 0.668. The molecule has 2 heterocycles. The Balaban J connectivity index is 2.13. The van der Waals surface area contributed by atoms with Gasteiger partial charge in [-0.25, -0.2) is 18.4 Å². The van der Waals surface area contributed by atoms with Crippen molar-refractivity contribution in [3.8, 4) is 0 Å². The van der Waals surface area contributed by atoms with Gasteiger partial charge in [0.05, 0.1) is 23.0 Å². The number of aliphatic imine (C=N–C) groups is 1. The van der Waals surface area contributed by atoms with Crippen LogP contribution in [0.15, 0.2) is 17.3 Å². The van der Waals surface area contributed by atoms with Crippen molar-refractivity contribution < 1.29 is 13.2 Å². The molecule has 5 nitrogen and oxygen atoms in total. The highest BCUT2D eigenvalue weighted by Crippen LogP contribution is 2.23. The second-order valence-electron chi connectivity index (χ2n) is 6.08. The molecule has 1 aliphatic heterocycles. The Bertz CT molecular complexity index is 703. The van der Waals surface area contributed by atoms with Gasteiger partial charge in [0.1, 0.15) is 5.15 Å². The molecule has 0 N–H and O–H groups in total. The van der Waals surface area contributed by atoms with E-state index in [4.69, 9.17) is 16.3 Å². The summed E-state index contributed by atoms with van der Waals surface area (Å²) in [5, 5.41) is 0.0137. The van der Waals surface area contributed by atoms with Gasteiger partial charge in [0.15, 0.2) is 9.84 Å². The lowest BCUT2D eigenvalue weighted by atomic mass is 10.00. The summed E-state index contributed by atoms with van der Waals surface area (Å²) >= 11 is 5.95. The molecule has 0 spiro atoms. The minimum atomic E-state index is -3.06. The number of pyridine rings is 1. The lowest BCUT2D eigenvalue weighted by Crippen LogP contribution is -2.29. The number of nitrogens with zero attached hydrogens (tertiary/aromatic N) is 2. The van der Waals surface area contributed by atoms with Crippen molar-refractivity contribution in [2.45, 2.75) is 57.9 Å². The number of rotatable bonds is 5. The van der Waals surface area contributed by atoms with Gasteiger partial charge in [0.25, 0.3) is 0 Å². The van der Waals surface area contributed by atoms with Crippen molar-refractivity contribution in [3.05, 3.63) is 28.5 Å². The first kappa shape index (κ1) is 18.2. The molecule has 0 saturated carbocycles. The maximum Gasteiger partial charge on any atom is 0.218 e. The van der Waals surface area contributed by atoms with Gasteiger partial charge in [-0.1, -0.05) is 18.5 Å². The molecular weight excluding hydrogens is 336 g/mol. The summed E-state index contributed by atoms with van der Waals surface area (Å²) in [6.45, 7) is 7.26. The fourth-order valence-electron chi connectivity index (χ4n) is 2.69. The van der Waals surface area contributed by atoms with Crippen LogP contribution in [0.4, 0.5) is 0 Å². The largest absolute Gasteiger partial charge is 0.474 e. The number of hydrogen-bond acceptors (Lipinski definition) is 5. The average Bonchev–Trinajstić information content (AvgIpc) is 2.46. The van der Waals surface area contributed by atoms with E-state index in [1.807, 2.05) is 19.9 Å². The van der Waals surface area contributed by atoms with E-state index in [1.54, 1.807) is 20.0 Å². The van der Waals surface area contributed by atoms with E-state index in [9.17, 15) is 8.42 Å². The number of ether oxygens (including phenoxy) is 1. The molecule has 1 aliphatic rings. The molecular formula is C16H23ClN2O3S. The first-order chi connectivity index (χ1) is 10.7. The third kappa shape index (κ3) is 4.44. The van der Waals surface area contributed by atoms with Gasteiger partial charge >= 0.3 is 0 Å². The Morgan fingerprint density at radius 2 is 2.13 bits per heavy atom. The predicted octanol–water partition coefficient (Wildman–Crippen LogP) is 3.04. The van der Waals surface area contributed by atoms with Crippen LogP contribution in [0, 0.1) is 0 Å². The molecule has 0 bridgehead atoms. The minimum absolute atomic E-state index is 0.0972. The molecule has 0 radical (unpaired) electrons. The van der Waals surface area contributed by atoms with Gasteiger partial charge in [0.2, 0.25) is 5.90 Å². The van der Waals surface area contributed by atoms with Crippen LogP contribution in [0.1, 0.15) is 45.2 Å². The zero-order chi connectivity index (χ0) is 17.2. The van der Waals surface area contributed by atoms with Crippen LogP contribution in [0.2, 0.25) is 5.15 Å². The molecule has 1 aromatic rings. The lowest BCUT2D eigenvalue weighted by Gasteiger charge is -2.25. The molecule has 0 fully saturated rings. The van der Waals surface area contributed by atoms with Crippen molar-refractivity contribution >= 4 is 27.3 Å². The monoisotopic (exact) mass is 358 g/mol. The molecule has 0 amide bonds. The van der Waals surface area contributed by atoms with Crippen LogP contribution in [-0.2, 0) is 21.0 Å². The zero-order valence-electron chi connectivity index (χ0n) is 13.9. The highest BCUT2D eigenvalue weighted by molar-refractivity contribution is 7.91. The number of halogens is 1. The van der Waals surface area contributed by atoms with E-state index < -0.39 is 15.1 Å². The third-order valence-electron chi connectivity index (χ3n) is 4.03. The summed E-state index contributed by atoms with van der Waals surface area (Å²) in [4.78, 5) is 8.64. The summed E-state index contributed by atoms with van der Waals surface area (Å²) in [7, 11) is -3.06. The Labute approximate surface area is 143 Å². The molecule has 0 saturated heterocycles. The van der Waals surface area contributed by atoms with Crippen LogP contribution in [0.3, 0.4) is 0 Å². The Hall–Kier alpha value is -1.14. The SMILES string of the molecule is CCS(=O)(=O)[C@H](C)C[C@@H](C)OC1=NC(C)Cc2cc(Cl)ncc21. The highest BCUT2D eigenvalue weighted by Gasteiger charge is 2.25. The van der Waals surface area contributed by atoms with Gasteiger partial charge in [-0.05, 0) is 38.8 Å². The van der Waals surface area contributed by atoms with E-state index in [0.29, 0.717) is 17.5 Å². The lowest BCUT2D eigenvalue weighted by molar-refractivity contribution is 0.195. The van der Waals surface area contributed by atoms with Gasteiger partial charge < -0.3 is 4.74 Å². The number of hydrogen-bond donors (Lipinski definition) is 0. The topological polar surface area (TPSA) is 68.6 Å². The van der Waals surface area contributed by atoms with Gasteiger partial charge in [-0.2, -0.15) is 0 Å². The third-order valence-corrected chi connectivity index (χ3v) is 6.46. The summed E-state index contributed by atoms with van der Waals surface area (Å²) in [6, 6.07) is 1.93.